The first-order chi connectivity index (χ1) is 13.6. The van der Waals surface area contributed by atoms with Gasteiger partial charge in [0, 0.05) is 5.92 Å². The zero-order valence-electron chi connectivity index (χ0n) is 17.7. The highest BCUT2D eigenvalue weighted by Crippen LogP contribution is 2.38. The summed E-state index contributed by atoms with van der Waals surface area (Å²) in [5, 5.41) is 0. The highest BCUT2D eigenvalue weighted by molar-refractivity contribution is 5.40. The summed E-state index contributed by atoms with van der Waals surface area (Å²) in [5.74, 6) is 7.26. The fraction of sp³-hybridized carbons (Fsp3) is 0.692. The highest BCUT2D eigenvalue weighted by Gasteiger charge is 2.24. The molecule has 0 amide bonds. The summed E-state index contributed by atoms with van der Waals surface area (Å²) in [6, 6.07) is 3.11. The Morgan fingerprint density at radius 3 is 2.04 bits per heavy atom. The average molecular weight is 387 g/mol. The maximum absolute atomic E-state index is 14.6. The molecule has 0 atom stereocenters. The first-order valence-electron chi connectivity index (χ1n) is 11.6. The van der Waals surface area contributed by atoms with Crippen molar-refractivity contribution in [2.45, 2.75) is 96.8 Å². The van der Waals surface area contributed by atoms with E-state index in [4.69, 9.17) is 0 Å². The van der Waals surface area contributed by atoms with Crippen molar-refractivity contribution < 1.29 is 8.78 Å². The quantitative estimate of drug-likeness (QED) is 0.450. The molecule has 2 saturated carbocycles. The Morgan fingerprint density at radius 2 is 1.46 bits per heavy atom. The van der Waals surface area contributed by atoms with E-state index in [1.54, 1.807) is 12.1 Å². The van der Waals surface area contributed by atoms with Gasteiger partial charge in [0.2, 0.25) is 0 Å². The Balaban J connectivity index is 1.62. The average Bonchev–Trinajstić information content (AvgIpc) is 2.72. The molecule has 2 aliphatic rings. The molecule has 0 saturated heterocycles. The maximum atomic E-state index is 14.6. The van der Waals surface area contributed by atoms with E-state index in [9.17, 15) is 8.78 Å². The second kappa shape index (κ2) is 10.4. The summed E-state index contributed by atoms with van der Waals surface area (Å²) >= 11 is 0. The van der Waals surface area contributed by atoms with E-state index >= 15 is 0 Å². The minimum atomic E-state index is -0.474. The fourth-order valence-corrected chi connectivity index (χ4v) is 5.11. The van der Waals surface area contributed by atoms with E-state index in [2.05, 4.69) is 25.7 Å². The molecule has 0 radical (unpaired) electrons. The summed E-state index contributed by atoms with van der Waals surface area (Å²) in [6.45, 7) is 4.47. The molecule has 2 aliphatic carbocycles. The minimum Gasteiger partial charge on any atom is -0.206 e. The van der Waals surface area contributed by atoms with Crippen LogP contribution in [0.2, 0.25) is 0 Å². The fourth-order valence-electron chi connectivity index (χ4n) is 5.11. The van der Waals surface area contributed by atoms with E-state index in [-0.39, 0.29) is 5.56 Å². The van der Waals surface area contributed by atoms with Crippen LogP contribution < -0.4 is 0 Å². The Kier molecular flexibility index (Phi) is 7.95. The van der Waals surface area contributed by atoms with Crippen molar-refractivity contribution in [3.05, 3.63) is 34.9 Å². The van der Waals surface area contributed by atoms with Crippen molar-refractivity contribution >= 4 is 0 Å². The molecule has 0 unspecified atom stereocenters. The van der Waals surface area contributed by atoms with Crippen LogP contribution in [0.3, 0.4) is 0 Å². The van der Waals surface area contributed by atoms with Crippen molar-refractivity contribution in [2.75, 3.05) is 0 Å². The zero-order valence-corrected chi connectivity index (χ0v) is 17.7. The molecule has 1 aromatic rings. The normalized spacial score (nSPS) is 27.9. The van der Waals surface area contributed by atoms with Crippen LogP contribution in [0.15, 0.2) is 12.1 Å². The van der Waals surface area contributed by atoms with E-state index in [1.807, 2.05) is 0 Å². The lowest BCUT2D eigenvalue weighted by molar-refractivity contribution is 0.303. The topological polar surface area (TPSA) is 0 Å². The first-order valence-corrected chi connectivity index (χ1v) is 11.6. The van der Waals surface area contributed by atoms with E-state index < -0.39 is 11.6 Å². The summed E-state index contributed by atoms with van der Waals surface area (Å²) in [6.07, 6.45) is 14.1. The van der Waals surface area contributed by atoms with Crippen molar-refractivity contribution in [1.29, 1.82) is 0 Å². The summed E-state index contributed by atoms with van der Waals surface area (Å²) in [5.41, 5.74) is 0.802. The number of hydrogen-bond donors (Lipinski definition) is 0. The summed E-state index contributed by atoms with van der Waals surface area (Å²) in [7, 11) is 0. The third kappa shape index (κ3) is 5.59. The SMILES string of the molecule is CCCCC1CCC(c2cc(F)c(C#CC3CCC(CC)CC3)c(F)c2)CC1. The van der Waals surface area contributed by atoms with Crippen LogP contribution in [0.1, 0.15) is 108 Å². The van der Waals surface area contributed by atoms with Gasteiger partial charge in [0.05, 0.1) is 5.56 Å². The van der Waals surface area contributed by atoms with E-state index in [0.717, 1.165) is 43.1 Å². The molecule has 0 aromatic heterocycles. The van der Waals surface area contributed by atoms with Gasteiger partial charge < -0.3 is 0 Å². The highest BCUT2D eigenvalue weighted by atomic mass is 19.1. The molecule has 0 heterocycles. The monoisotopic (exact) mass is 386 g/mol. The Bertz CT molecular complexity index is 657. The van der Waals surface area contributed by atoms with Crippen molar-refractivity contribution in [2.24, 2.45) is 17.8 Å². The van der Waals surface area contributed by atoms with Crippen molar-refractivity contribution in [3.8, 4) is 11.8 Å². The van der Waals surface area contributed by atoms with Gasteiger partial charge in [-0.1, -0.05) is 51.4 Å². The number of halogens is 2. The van der Waals surface area contributed by atoms with Gasteiger partial charge in [0.25, 0.3) is 0 Å². The molecule has 0 bridgehead atoms. The molecule has 0 aliphatic heterocycles. The Morgan fingerprint density at radius 1 is 0.857 bits per heavy atom. The predicted octanol–water partition coefficient (Wildman–Crippen LogP) is 8.00. The Labute approximate surface area is 170 Å². The third-order valence-corrected chi connectivity index (χ3v) is 7.17. The number of benzene rings is 1. The van der Waals surface area contributed by atoms with Gasteiger partial charge in [-0.2, -0.15) is 0 Å². The van der Waals surface area contributed by atoms with Crippen molar-refractivity contribution in [3.63, 3.8) is 0 Å². The minimum absolute atomic E-state index is 0.0296. The smallest absolute Gasteiger partial charge is 0.142 e. The van der Waals surface area contributed by atoms with Crippen molar-refractivity contribution in [1.82, 2.24) is 0 Å². The van der Waals surface area contributed by atoms with Crippen LogP contribution in [-0.2, 0) is 0 Å². The third-order valence-electron chi connectivity index (χ3n) is 7.17. The maximum Gasteiger partial charge on any atom is 0.142 e. The Hall–Kier alpha value is -1.36. The lowest BCUT2D eigenvalue weighted by Gasteiger charge is -2.29. The van der Waals surface area contributed by atoms with Gasteiger partial charge >= 0.3 is 0 Å². The molecule has 0 spiro atoms. The molecular weight excluding hydrogens is 350 g/mol. The van der Waals surface area contributed by atoms with Crippen LogP contribution in [0.25, 0.3) is 0 Å². The van der Waals surface area contributed by atoms with Gasteiger partial charge in [-0.15, -0.1) is 0 Å². The second-order valence-corrected chi connectivity index (χ2v) is 9.11. The molecule has 2 fully saturated rings. The standard InChI is InChI=1S/C26H36F2/c1-3-5-6-20-11-14-22(15-12-20)23-17-25(27)24(26(28)18-23)16-13-21-9-7-19(4-2)8-10-21/h17-22H,3-12,14-15H2,1-2H3. The summed E-state index contributed by atoms with van der Waals surface area (Å²) < 4.78 is 29.3. The van der Waals surface area contributed by atoms with Crippen LogP contribution >= 0.6 is 0 Å². The van der Waals surface area contributed by atoms with E-state index in [0.29, 0.717) is 11.8 Å². The largest absolute Gasteiger partial charge is 0.206 e. The molecular formula is C26H36F2. The van der Waals surface area contributed by atoms with Gasteiger partial charge in [0.15, 0.2) is 0 Å². The summed E-state index contributed by atoms with van der Waals surface area (Å²) in [4.78, 5) is 0. The number of rotatable bonds is 5. The molecule has 0 nitrogen and oxygen atoms in total. The first kappa shape index (κ1) is 21.4. The molecule has 2 heteroatoms. The van der Waals surface area contributed by atoms with Gasteiger partial charge in [-0.05, 0) is 86.8 Å². The number of hydrogen-bond acceptors (Lipinski definition) is 0. The van der Waals surface area contributed by atoms with Gasteiger partial charge in [0.1, 0.15) is 11.6 Å². The lowest BCUT2D eigenvalue weighted by Crippen LogP contribution is -2.14. The molecule has 0 N–H and O–H groups in total. The second-order valence-electron chi connectivity index (χ2n) is 9.11. The van der Waals surface area contributed by atoms with Crippen LogP contribution in [0.4, 0.5) is 8.78 Å². The van der Waals surface area contributed by atoms with Crippen LogP contribution in [0, 0.1) is 41.2 Å². The predicted molar refractivity (Wildman–Crippen MR) is 113 cm³/mol. The van der Waals surface area contributed by atoms with Crippen LogP contribution in [-0.4, -0.2) is 0 Å². The number of unbranched alkanes of at least 4 members (excludes halogenated alkanes) is 1. The molecule has 28 heavy (non-hydrogen) atoms. The van der Waals surface area contributed by atoms with Gasteiger partial charge in [-0.3, -0.25) is 0 Å². The lowest BCUT2D eigenvalue weighted by atomic mass is 9.77. The molecule has 154 valence electrons. The zero-order chi connectivity index (χ0) is 19.9. The van der Waals surface area contributed by atoms with Crippen LogP contribution in [0.5, 0.6) is 0 Å². The van der Waals surface area contributed by atoms with Gasteiger partial charge in [-0.25, -0.2) is 8.78 Å². The molecule has 1 aromatic carbocycles. The van der Waals surface area contributed by atoms with E-state index in [1.165, 1.54) is 51.4 Å². The molecule has 3 rings (SSSR count).